The van der Waals surface area contributed by atoms with E-state index in [0.29, 0.717) is 31.0 Å². The second-order valence-corrected chi connectivity index (χ2v) is 4.61. The number of β-amino-alcohol motifs (C(OH)–C–C–N with tert-alkyl or cyclic N) is 1. The van der Waals surface area contributed by atoms with Crippen LogP contribution >= 0.6 is 0 Å². The number of aromatic nitrogens is 1. The first-order valence-electron chi connectivity index (χ1n) is 5.35. The number of aliphatic hydroxyl groups is 1. The van der Waals surface area contributed by atoms with Crippen LogP contribution in [0.1, 0.15) is 23.7 Å². The maximum Gasteiger partial charge on any atom is 0.337 e. The average Bonchev–Trinajstić information content (AvgIpc) is 2.58. The molecule has 2 rings (SSSR count). The number of aromatic carboxylic acids is 1. The zero-order valence-corrected chi connectivity index (χ0v) is 9.55. The van der Waals surface area contributed by atoms with Crippen molar-refractivity contribution in [2.75, 3.05) is 23.7 Å². The van der Waals surface area contributed by atoms with Gasteiger partial charge in [0.1, 0.15) is 0 Å². The topological polar surface area (TPSA) is 99.7 Å². The Morgan fingerprint density at radius 1 is 1.65 bits per heavy atom. The zero-order chi connectivity index (χ0) is 12.6. The Balaban J connectivity index is 2.26. The molecule has 0 spiro atoms. The molecule has 2 heterocycles. The number of carboxylic acids is 1. The summed E-state index contributed by atoms with van der Waals surface area (Å²) in [6, 6.07) is 1.39. The second kappa shape index (κ2) is 3.89. The fourth-order valence-electron chi connectivity index (χ4n) is 1.98. The van der Waals surface area contributed by atoms with Crippen LogP contribution in [0.15, 0.2) is 12.3 Å². The van der Waals surface area contributed by atoms with Gasteiger partial charge in [-0.3, -0.25) is 0 Å². The number of hydrogen-bond acceptors (Lipinski definition) is 5. The molecule has 1 aromatic heterocycles. The molecule has 1 saturated heterocycles. The summed E-state index contributed by atoms with van der Waals surface area (Å²) in [6.45, 7) is 2.88. The minimum Gasteiger partial charge on any atom is -0.478 e. The van der Waals surface area contributed by atoms with E-state index in [9.17, 15) is 9.90 Å². The molecule has 0 radical (unpaired) electrons. The Kier molecular flexibility index (Phi) is 2.66. The van der Waals surface area contributed by atoms with Gasteiger partial charge in [0, 0.05) is 19.3 Å². The number of carboxylic acid groups (broad SMARTS) is 1. The number of nitrogens with zero attached hydrogens (tertiary/aromatic N) is 2. The first-order valence-corrected chi connectivity index (χ1v) is 5.35. The summed E-state index contributed by atoms with van der Waals surface area (Å²) in [5.41, 5.74) is 5.43. The van der Waals surface area contributed by atoms with E-state index in [1.54, 1.807) is 6.92 Å². The predicted molar refractivity (Wildman–Crippen MR) is 63.1 cm³/mol. The van der Waals surface area contributed by atoms with Gasteiger partial charge in [-0.15, -0.1) is 0 Å². The first-order chi connectivity index (χ1) is 7.89. The predicted octanol–water partition coefficient (Wildman–Crippen LogP) is 0.323. The van der Waals surface area contributed by atoms with Gasteiger partial charge in [0.2, 0.25) is 0 Å². The molecule has 1 unspecified atom stereocenters. The number of carbonyl (C=O) groups is 1. The number of rotatable bonds is 2. The quantitative estimate of drug-likeness (QED) is 0.685. The van der Waals surface area contributed by atoms with Crippen molar-refractivity contribution in [2.45, 2.75) is 18.9 Å². The minimum atomic E-state index is -1.05. The van der Waals surface area contributed by atoms with Crippen LogP contribution in [-0.4, -0.2) is 39.9 Å². The van der Waals surface area contributed by atoms with Crippen molar-refractivity contribution in [3.63, 3.8) is 0 Å². The van der Waals surface area contributed by atoms with E-state index in [0.717, 1.165) is 0 Å². The molecule has 6 nitrogen and oxygen atoms in total. The molecule has 17 heavy (non-hydrogen) atoms. The molecule has 92 valence electrons. The van der Waals surface area contributed by atoms with E-state index < -0.39 is 11.6 Å². The summed E-state index contributed by atoms with van der Waals surface area (Å²) in [4.78, 5) is 16.7. The monoisotopic (exact) mass is 237 g/mol. The molecule has 4 N–H and O–H groups in total. The van der Waals surface area contributed by atoms with Crippen LogP contribution in [0, 0.1) is 0 Å². The first kappa shape index (κ1) is 11.7. The van der Waals surface area contributed by atoms with Crippen molar-refractivity contribution in [3.05, 3.63) is 17.8 Å². The van der Waals surface area contributed by atoms with Crippen molar-refractivity contribution in [1.82, 2.24) is 4.98 Å². The maximum atomic E-state index is 10.7. The third-order valence-electron chi connectivity index (χ3n) is 2.89. The Morgan fingerprint density at radius 3 is 2.82 bits per heavy atom. The van der Waals surface area contributed by atoms with Gasteiger partial charge in [-0.2, -0.15) is 0 Å². The SMILES string of the molecule is CC1(O)CCN(c2ncc(C(=O)O)cc2N)C1. The second-order valence-electron chi connectivity index (χ2n) is 4.61. The molecular weight excluding hydrogens is 222 g/mol. The lowest BCUT2D eigenvalue weighted by Gasteiger charge is -2.21. The van der Waals surface area contributed by atoms with Crippen LogP contribution < -0.4 is 10.6 Å². The van der Waals surface area contributed by atoms with Crippen molar-refractivity contribution >= 4 is 17.5 Å². The van der Waals surface area contributed by atoms with Crippen LogP contribution in [0.3, 0.4) is 0 Å². The van der Waals surface area contributed by atoms with Gasteiger partial charge in [-0.25, -0.2) is 9.78 Å². The minimum absolute atomic E-state index is 0.0669. The van der Waals surface area contributed by atoms with Crippen molar-refractivity contribution in [3.8, 4) is 0 Å². The highest BCUT2D eigenvalue weighted by atomic mass is 16.4. The van der Waals surface area contributed by atoms with Crippen LogP contribution in [0.4, 0.5) is 11.5 Å². The molecule has 1 aliphatic heterocycles. The highest BCUT2D eigenvalue weighted by Gasteiger charge is 2.32. The van der Waals surface area contributed by atoms with Gasteiger partial charge >= 0.3 is 5.97 Å². The summed E-state index contributed by atoms with van der Waals surface area (Å²) in [5, 5.41) is 18.7. The van der Waals surface area contributed by atoms with Crippen LogP contribution in [-0.2, 0) is 0 Å². The lowest BCUT2D eigenvalue weighted by molar-refractivity contribution is 0.0696. The summed E-state index contributed by atoms with van der Waals surface area (Å²) in [5.74, 6) is -0.517. The smallest absolute Gasteiger partial charge is 0.337 e. The molecule has 6 heteroatoms. The van der Waals surface area contributed by atoms with Crippen molar-refractivity contribution in [2.24, 2.45) is 0 Å². The lowest BCUT2D eigenvalue weighted by Crippen LogP contribution is -2.30. The third kappa shape index (κ3) is 2.31. The van der Waals surface area contributed by atoms with Crippen LogP contribution in [0.2, 0.25) is 0 Å². The van der Waals surface area contributed by atoms with Gasteiger partial charge in [0.25, 0.3) is 0 Å². The molecule has 1 fully saturated rings. The van der Waals surface area contributed by atoms with Gasteiger partial charge in [0.05, 0.1) is 16.9 Å². The maximum absolute atomic E-state index is 10.7. The highest BCUT2D eigenvalue weighted by molar-refractivity contribution is 5.89. The number of hydrogen-bond donors (Lipinski definition) is 3. The number of nitrogen functional groups attached to an aromatic ring is 1. The molecule has 0 bridgehead atoms. The molecule has 1 aliphatic rings. The van der Waals surface area contributed by atoms with E-state index in [-0.39, 0.29) is 5.56 Å². The van der Waals surface area contributed by atoms with Gasteiger partial charge in [-0.1, -0.05) is 0 Å². The molecule has 1 atom stereocenters. The van der Waals surface area contributed by atoms with Crippen LogP contribution in [0.25, 0.3) is 0 Å². The summed E-state index contributed by atoms with van der Waals surface area (Å²) < 4.78 is 0. The lowest BCUT2D eigenvalue weighted by atomic mass is 10.1. The molecule has 0 aliphatic carbocycles. The van der Waals surface area contributed by atoms with Gasteiger partial charge < -0.3 is 20.8 Å². The summed E-state index contributed by atoms with van der Waals surface area (Å²) >= 11 is 0. The normalized spacial score (nSPS) is 24.0. The molecule has 0 saturated carbocycles. The Hall–Kier alpha value is -1.82. The van der Waals surface area contributed by atoms with Crippen LogP contribution in [0.5, 0.6) is 0 Å². The molecular formula is C11H15N3O3. The van der Waals surface area contributed by atoms with E-state index in [1.807, 2.05) is 4.90 Å². The van der Waals surface area contributed by atoms with Gasteiger partial charge in [0.15, 0.2) is 5.82 Å². The highest BCUT2D eigenvalue weighted by Crippen LogP contribution is 2.29. The third-order valence-corrected chi connectivity index (χ3v) is 2.89. The fraction of sp³-hybridized carbons (Fsp3) is 0.455. The number of pyridine rings is 1. The fourth-order valence-corrected chi connectivity index (χ4v) is 1.98. The molecule has 1 aromatic rings. The number of nitrogens with two attached hydrogens (primary N) is 1. The van der Waals surface area contributed by atoms with Crippen molar-refractivity contribution < 1.29 is 15.0 Å². The summed E-state index contributed by atoms with van der Waals surface area (Å²) in [6.07, 6.45) is 1.93. The van der Waals surface area contributed by atoms with Crippen molar-refractivity contribution in [1.29, 1.82) is 0 Å². The van der Waals surface area contributed by atoms with E-state index in [4.69, 9.17) is 10.8 Å². The Morgan fingerprint density at radius 2 is 2.35 bits per heavy atom. The average molecular weight is 237 g/mol. The largest absolute Gasteiger partial charge is 0.478 e. The zero-order valence-electron chi connectivity index (χ0n) is 9.55. The Labute approximate surface area is 98.7 Å². The van der Waals surface area contributed by atoms with E-state index in [2.05, 4.69) is 4.98 Å². The van der Waals surface area contributed by atoms with E-state index in [1.165, 1.54) is 12.3 Å². The molecule has 0 amide bonds. The number of anilines is 2. The standard InChI is InChI=1S/C11H15N3O3/c1-11(17)2-3-14(6-11)9-8(12)4-7(5-13-9)10(15)16/h4-5,17H,2-3,6,12H2,1H3,(H,15,16). The van der Waals surface area contributed by atoms with Gasteiger partial charge in [-0.05, 0) is 19.4 Å². The van der Waals surface area contributed by atoms with E-state index >= 15 is 0 Å². The Bertz CT molecular complexity index is 459. The summed E-state index contributed by atoms with van der Waals surface area (Å²) in [7, 11) is 0. The molecule has 0 aromatic carbocycles.